The number of hydrogen-bond donors (Lipinski definition) is 1. The monoisotopic (exact) mass is 199 g/mol. The van der Waals surface area contributed by atoms with Gasteiger partial charge in [-0.3, -0.25) is 9.59 Å². The molecule has 0 aromatic carbocycles. The number of likely N-dealkylation sites (tertiary alicyclic amines) is 1. The average Bonchev–Trinajstić information content (AvgIpc) is 2.43. The quantitative estimate of drug-likeness (QED) is 0.646. The van der Waals surface area contributed by atoms with Crippen LogP contribution in [0, 0.1) is 5.41 Å². The van der Waals surface area contributed by atoms with Gasteiger partial charge in [-0.1, -0.05) is 20.8 Å². The number of rotatable bonds is 2. The maximum atomic E-state index is 11.9. The molecule has 0 bridgehead atoms. The van der Waals surface area contributed by atoms with Crippen LogP contribution in [0.15, 0.2) is 0 Å². The summed E-state index contributed by atoms with van der Waals surface area (Å²) in [6, 6.07) is -0.646. The number of aliphatic hydroxyl groups excluding tert-OH is 1. The van der Waals surface area contributed by atoms with Crippen molar-refractivity contribution in [1.82, 2.24) is 4.90 Å². The van der Waals surface area contributed by atoms with E-state index in [0.29, 0.717) is 19.4 Å². The summed E-state index contributed by atoms with van der Waals surface area (Å²) in [4.78, 5) is 23.9. The number of aliphatic hydroxyl groups is 1. The smallest absolute Gasteiger partial charge is 0.210 e. The minimum atomic E-state index is -0.702. The van der Waals surface area contributed by atoms with Gasteiger partial charge < -0.3 is 10.0 Å². The Kier molecular flexibility index (Phi) is 2.95. The predicted octanol–water partition coefficient (Wildman–Crippen LogP) is 0.193. The predicted molar refractivity (Wildman–Crippen MR) is 51.6 cm³/mol. The van der Waals surface area contributed by atoms with Gasteiger partial charge in [0, 0.05) is 12.0 Å². The maximum absolute atomic E-state index is 11.9. The molecule has 0 aliphatic carbocycles. The molecule has 0 aromatic rings. The number of nitrogens with zero attached hydrogens (tertiary/aromatic N) is 1. The van der Waals surface area contributed by atoms with E-state index in [2.05, 4.69) is 0 Å². The number of hydrogen-bond acceptors (Lipinski definition) is 3. The lowest BCUT2D eigenvalue weighted by Crippen LogP contribution is -2.46. The molecular weight excluding hydrogens is 182 g/mol. The van der Waals surface area contributed by atoms with Gasteiger partial charge in [0.05, 0.1) is 6.10 Å². The van der Waals surface area contributed by atoms with Crippen molar-refractivity contribution in [2.24, 2.45) is 5.41 Å². The van der Waals surface area contributed by atoms with Crippen LogP contribution in [0.1, 0.15) is 27.2 Å². The second-order valence-corrected chi connectivity index (χ2v) is 4.76. The Morgan fingerprint density at radius 1 is 1.50 bits per heavy atom. The van der Waals surface area contributed by atoms with Gasteiger partial charge in [-0.05, 0) is 6.42 Å². The zero-order chi connectivity index (χ0) is 10.9. The molecule has 80 valence electrons. The third-order valence-electron chi connectivity index (χ3n) is 2.55. The Morgan fingerprint density at radius 3 is 2.50 bits per heavy atom. The molecule has 2 unspecified atom stereocenters. The van der Waals surface area contributed by atoms with Gasteiger partial charge in [0.2, 0.25) is 6.41 Å². The topological polar surface area (TPSA) is 57.6 Å². The van der Waals surface area contributed by atoms with E-state index >= 15 is 0 Å². The molecule has 1 amide bonds. The molecule has 1 aliphatic rings. The molecule has 1 aliphatic heterocycles. The summed E-state index contributed by atoms with van der Waals surface area (Å²) in [5.74, 6) is -0.0744. The van der Waals surface area contributed by atoms with Crippen LogP contribution in [0.5, 0.6) is 0 Å². The Balaban J connectivity index is 2.84. The average molecular weight is 199 g/mol. The SMILES string of the molecule is CC(C)(C)C(=O)C1C(O)CCN1C=O. The summed E-state index contributed by atoms with van der Waals surface area (Å²) in [5, 5.41) is 9.60. The molecule has 0 radical (unpaired) electrons. The van der Waals surface area contributed by atoms with Gasteiger partial charge in [-0.2, -0.15) is 0 Å². The van der Waals surface area contributed by atoms with Gasteiger partial charge in [0.15, 0.2) is 5.78 Å². The number of amides is 1. The van der Waals surface area contributed by atoms with Crippen molar-refractivity contribution in [2.75, 3.05) is 6.54 Å². The summed E-state index contributed by atoms with van der Waals surface area (Å²) >= 11 is 0. The van der Waals surface area contributed by atoms with Crippen molar-refractivity contribution < 1.29 is 14.7 Å². The highest BCUT2D eigenvalue weighted by Crippen LogP contribution is 2.25. The molecule has 0 saturated carbocycles. The lowest BCUT2D eigenvalue weighted by molar-refractivity contribution is -0.137. The van der Waals surface area contributed by atoms with Crippen molar-refractivity contribution >= 4 is 12.2 Å². The summed E-state index contributed by atoms with van der Waals surface area (Å²) < 4.78 is 0. The first-order chi connectivity index (χ1) is 6.38. The molecule has 0 spiro atoms. The van der Waals surface area contributed by atoms with Crippen molar-refractivity contribution in [1.29, 1.82) is 0 Å². The third kappa shape index (κ3) is 1.95. The fourth-order valence-corrected chi connectivity index (χ4v) is 1.69. The van der Waals surface area contributed by atoms with Gasteiger partial charge in [-0.25, -0.2) is 0 Å². The summed E-state index contributed by atoms with van der Waals surface area (Å²) in [6.45, 7) is 5.85. The van der Waals surface area contributed by atoms with Gasteiger partial charge in [0.25, 0.3) is 0 Å². The fourth-order valence-electron chi connectivity index (χ4n) is 1.69. The van der Waals surface area contributed by atoms with E-state index in [1.165, 1.54) is 4.90 Å². The number of ketones is 1. The standard InChI is InChI=1S/C10H17NO3/c1-10(2,3)9(14)8-7(13)4-5-11(8)6-12/h6-8,13H,4-5H2,1-3H3. The molecular formula is C10H17NO3. The molecule has 1 heterocycles. The summed E-state index contributed by atoms with van der Waals surface area (Å²) in [7, 11) is 0. The Labute approximate surface area is 83.9 Å². The first-order valence-corrected chi connectivity index (χ1v) is 4.81. The molecule has 14 heavy (non-hydrogen) atoms. The van der Waals surface area contributed by atoms with E-state index in [1.807, 2.05) is 0 Å². The van der Waals surface area contributed by atoms with Crippen molar-refractivity contribution in [3.8, 4) is 0 Å². The van der Waals surface area contributed by atoms with E-state index in [-0.39, 0.29) is 5.78 Å². The molecule has 4 heteroatoms. The third-order valence-corrected chi connectivity index (χ3v) is 2.55. The van der Waals surface area contributed by atoms with E-state index < -0.39 is 17.6 Å². The minimum Gasteiger partial charge on any atom is -0.390 e. The largest absolute Gasteiger partial charge is 0.390 e. The summed E-state index contributed by atoms with van der Waals surface area (Å²) in [5.41, 5.74) is -0.517. The van der Waals surface area contributed by atoms with Crippen LogP contribution in [0.3, 0.4) is 0 Å². The zero-order valence-electron chi connectivity index (χ0n) is 8.86. The normalized spacial score (nSPS) is 27.9. The molecule has 2 atom stereocenters. The van der Waals surface area contributed by atoms with Crippen LogP contribution in [0.2, 0.25) is 0 Å². The van der Waals surface area contributed by atoms with Crippen LogP contribution in [-0.4, -0.2) is 40.9 Å². The molecule has 1 fully saturated rings. The first kappa shape index (κ1) is 11.2. The van der Waals surface area contributed by atoms with E-state index in [0.717, 1.165) is 0 Å². The summed E-state index contributed by atoms with van der Waals surface area (Å²) in [6.07, 6.45) is 0.433. The second kappa shape index (κ2) is 3.69. The van der Waals surface area contributed by atoms with Crippen LogP contribution in [0.4, 0.5) is 0 Å². The minimum absolute atomic E-state index is 0.0744. The lowest BCUT2D eigenvalue weighted by Gasteiger charge is -2.27. The Bertz CT molecular complexity index is 244. The molecule has 1 rings (SSSR count). The number of carbonyl (C=O) groups excluding carboxylic acids is 2. The van der Waals surface area contributed by atoms with E-state index in [1.54, 1.807) is 20.8 Å². The molecule has 4 nitrogen and oxygen atoms in total. The van der Waals surface area contributed by atoms with Crippen LogP contribution in [-0.2, 0) is 9.59 Å². The van der Waals surface area contributed by atoms with Crippen molar-refractivity contribution in [3.63, 3.8) is 0 Å². The Morgan fingerprint density at radius 2 is 2.07 bits per heavy atom. The second-order valence-electron chi connectivity index (χ2n) is 4.76. The molecule has 1 saturated heterocycles. The molecule has 1 N–H and O–H groups in total. The Hall–Kier alpha value is -0.900. The first-order valence-electron chi connectivity index (χ1n) is 4.81. The van der Waals surface area contributed by atoms with Gasteiger partial charge >= 0.3 is 0 Å². The number of carbonyl (C=O) groups is 2. The highest BCUT2D eigenvalue weighted by molar-refractivity contribution is 5.91. The van der Waals surface area contributed by atoms with Crippen LogP contribution >= 0.6 is 0 Å². The lowest BCUT2D eigenvalue weighted by atomic mass is 9.85. The highest BCUT2D eigenvalue weighted by Gasteiger charge is 2.41. The van der Waals surface area contributed by atoms with Gasteiger partial charge in [-0.15, -0.1) is 0 Å². The van der Waals surface area contributed by atoms with Crippen molar-refractivity contribution in [3.05, 3.63) is 0 Å². The maximum Gasteiger partial charge on any atom is 0.210 e. The van der Waals surface area contributed by atoms with E-state index in [9.17, 15) is 14.7 Å². The van der Waals surface area contributed by atoms with Crippen molar-refractivity contribution in [2.45, 2.75) is 39.3 Å². The van der Waals surface area contributed by atoms with Gasteiger partial charge in [0.1, 0.15) is 6.04 Å². The van der Waals surface area contributed by atoms with Crippen LogP contribution < -0.4 is 0 Å². The highest BCUT2D eigenvalue weighted by atomic mass is 16.3. The fraction of sp³-hybridized carbons (Fsp3) is 0.800. The van der Waals surface area contributed by atoms with E-state index in [4.69, 9.17) is 0 Å². The molecule has 0 aromatic heterocycles. The number of Topliss-reactive ketones (excluding diaryl/α,β-unsaturated/α-hetero) is 1. The van der Waals surface area contributed by atoms with Crippen LogP contribution in [0.25, 0.3) is 0 Å². The zero-order valence-corrected chi connectivity index (χ0v) is 8.86.